The summed E-state index contributed by atoms with van der Waals surface area (Å²) in [5, 5.41) is 3.70. The van der Waals surface area contributed by atoms with Crippen LogP contribution < -0.4 is 15.0 Å². The molecule has 2 aliphatic rings. The van der Waals surface area contributed by atoms with Crippen molar-refractivity contribution in [1.82, 2.24) is 5.32 Å². The molecule has 1 saturated carbocycles. The summed E-state index contributed by atoms with van der Waals surface area (Å²) in [5.41, 5.74) is 1.32. The minimum atomic E-state index is 0.563. The molecule has 2 atom stereocenters. The smallest absolute Gasteiger partial charge is 0.119 e. The Hall–Kier alpha value is -1.22. The molecule has 1 aromatic rings. The second-order valence-corrected chi connectivity index (χ2v) is 5.78. The number of nitrogens with zero attached hydrogens (tertiary/aromatic N) is 1. The van der Waals surface area contributed by atoms with Crippen molar-refractivity contribution in [3.63, 3.8) is 0 Å². The number of ether oxygens (including phenoxy) is 1. The Labute approximate surface area is 115 Å². The van der Waals surface area contributed by atoms with Gasteiger partial charge in [0.05, 0.1) is 6.61 Å². The third kappa shape index (κ3) is 2.86. The third-order valence-electron chi connectivity index (χ3n) is 4.27. The van der Waals surface area contributed by atoms with E-state index in [9.17, 15) is 0 Å². The highest BCUT2D eigenvalue weighted by Gasteiger charge is 2.36. The van der Waals surface area contributed by atoms with Crippen LogP contribution in [0.4, 0.5) is 5.69 Å². The van der Waals surface area contributed by atoms with Crippen LogP contribution >= 0.6 is 0 Å². The monoisotopic (exact) mass is 260 g/mol. The number of hydrogen-bond donors (Lipinski definition) is 1. The van der Waals surface area contributed by atoms with Crippen LogP contribution in [-0.4, -0.2) is 31.8 Å². The molecule has 3 heteroatoms. The fraction of sp³-hybridized carbons (Fsp3) is 0.625. The van der Waals surface area contributed by atoms with Gasteiger partial charge in [-0.1, -0.05) is 0 Å². The van der Waals surface area contributed by atoms with Gasteiger partial charge in [-0.25, -0.2) is 0 Å². The maximum Gasteiger partial charge on any atom is 0.119 e. The van der Waals surface area contributed by atoms with Gasteiger partial charge in [-0.2, -0.15) is 0 Å². The van der Waals surface area contributed by atoms with Crippen LogP contribution in [0.25, 0.3) is 0 Å². The fourth-order valence-corrected chi connectivity index (χ4v) is 2.96. The Morgan fingerprint density at radius 2 is 2.00 bits per heavy atom. The molecule has 1 heterocycles. The van der Waals surface area contributed by atoms with Gasteiger partial charge in [0.1, 0.15) is 5.75 Å². The van der Waals surface area contributed by atoms with Crippen LogP contribution in [-0.2, 0) is 0 Å². The van der Waals surface area contributed by atoms with Gasteiger partial charge in [0.2, 0.25) is 0 Å². The SMILES string of the molecule is CCOc1ccc(N2CC(C3CC3)NCC2C)cc1. The minimum absolute atomic E-state index is 0.563. The van der Waals surface area contributed by atoms with Crippen molar-refractivity contribution in [3.8, 4) is 5.75 Å². The van der Waals surface area contributed by atoms with Crippen molar-refractivity contribution in [2.45, 2.75) is 38.8 Å². The average Bonchev–Trinajstić information content (AvgIpc) is 3.25. The van der Waals surface area contributed by atoms with Crippen LogP contribution in [0.1, 0.15) is 26.7 Å². The zero-order chi connectivity index (χ0) is 13.2. The van der Waals surface area contributed by atoms with E-state index in [-0.39, 0.29) is 0 Å². The predicted molar refractivity (Wildman–Crippen MR) is 78.9 cm³/mol. The van der Waals surface area contributed by atoms with Crippen molar-refractivity contribution in [3.05, 3.63) is 24.3 Å². The standard InChI is InChI=1S/C16H24N2O/c1-3-19-15-8-6-14(7-9-15)18-11-16(13-4-5-13)17-10-12(18)2/h6-9,12-13,16-17H,3-5,10-11H2,1-2H3. The van der Waals surface area contributed by atoms with Gasteiger partial charge < -0.3 is 15.0 Å². The number of benzene rings is 1. The van der Waals surface area contributed by atoms with E-state index in [1.54, 1.807) is 0 Å². The van der Waals surface area contributed by atoms with Gasteiger partial charge in [0, 0.05) is 30.9 Å². The summed E-state index contributed by atoms with van der Waals surface area (Å²) in [5.74, 6) is 1.88. The fourth-order valence-electron chi connectivity index (χ4n) is 2.96. The Morgan fingerprint density at radius 1 is 1.26 bits per heavy atom. The lowest BCUT2D eigenvalue weighted by Gasteiger charge is -2.40. The van der Waals surface area contributed by atoms with Gasteiger partial charge in [-0.3, -0.25) is 0 Å². The van der Waals surface area contributed by atoms with Gasteiger partial charge in [-0.15, -0.1) is 0 Å². The van der Waals surface area contributed by atoms with E-state index in [0.717, 1.165) is 31.4 Å². The number of hydrogen-bond acceptors (Lipinski definition) is 3. The van der Waals surface area contributed by atoms with E-state index in [2.05, 4.69) is 41.4 Å². The van der Waals surface area contributed by atoms with Crippen LogP contribution in [0.15, 0.2) is 24.3 Å². The molecule has 1 aliphatic carbocycles. The largest absolute Gasteiger partial charge is 0.494 e. The highest BCUT2D eigenvalue weighted by Crippen LogP contribution is 2.35. The topological polar surface area (TPSA) is 24.5 Å². The molecule has 0 amide bonds. The maximum atomic E-state index is 5.51. The van der Waals surface area contributed by atoms with E-state index in [0.29, 0.717) is 12.1 Å². The second-order valence-electron chi connectivity index (χ2n) is 5.78. The Morgan fingerprint density at radius 3 is 2.63 bits per heavy atom. The summed E-state index contributed by atoms with van der Waals surface area (Å²) >= 11 is 0. The molecule has 0 radical (unpaired) electrons. The van der Waals surface area contributed by atoms with Crippen molar-refractivity contribution >= 4 is 5.69 Å². The number of anilines is 1. The van der Waals surface area contributed by atoms with E-state index in [1.165, 1.54) is 18.5 Å². The maximum absolute atomic E-state index is 5.51. The van der Waals surface area contributed by atoms with Crippen molar-refractivity contribution < 1.29 is 4.74 Å². The van der Waals surface area contributed by atoms with Crippen molar-refractivity contribution in [1.29, 1.82) is 0 Å². The van der Waals surface area contributed by atoms with Gasteiger partial charge in [0.25, 0.3) is 0 Å². The van der Waals surface area contributed by atoms with Crippen LogP contribution in [0.3, 0.4) is 0 Å². The lowest BCUT2D eigenvalue weighted by atomic mass is 10.1. The first-order chi connectivity index (χ1) is 9.28. The number of rotatable bonds is 4. The molecular formula is C16H24N2O. The summed E-state index contributed by atoms with van der Waals surface area (Å²) in [6, 6.07) is 9.79. The van der Waals surface area contributed by atoms with Crippen molar-refractivity contribution in [2.24, 2.45) is 5.92 Å². The first-order valence-corrected chi connectivity index (χ1v) is 7.51. The van der Waals surface area contributed by atoms with Gasteiger partial charge >= 0.3 is 0 Å². The number of nitrogens with one attached hydrogen (secondary N) is 1. The lowest BCUT2D eigenvalue weighted by Crippen LogP contribution is -2.56. The van der Waals surface area contributed by atoms with E-state index < -0.39 is 0 Å². The Bertz CT molecular complexity index is 413. The molecule has 0 bridgehead atoms. The summed E-state index contributed by atoms with van der Waals surface area (Å²) < 4.78 is 5.51. The summed E-state index contributed by atoms with van der Waals surface area (Å²) in [6.07, 6.45) is 2.81. The molecular weight excluding hydrogens is 236 g/mol. The molecule has 3 nitrogen and oxygen atoms in total. The Balaban J connectivity index is 1.71. The number of piperazine rings is 1. The molecule has 1 aromatic carbocycles. The molecule has 2 unspecified atom stereocenters. The van der Waals surface area contributed by atoms with E-state index >= 15 is 0 Å². The van der Waals surface area contributed by atoms with Gasteiger partial charge in [-0.05, 0) is 56.9 Å². The second kappa shape index (κ2) is 5.41. The minimum Gasteiger partial charge on any atom is -0.494 e. The predicted octanol–water partition coefficient (Wildman–Crippen LogP) is 2.66. The quantitative estimate of drug-likeness (QED) is 0.901. The molecule has 1 saturated heterocycles. The zero-order valence-corrected chi connectivity index (χ0v) is 11.9. The highest BCUT2D eigenvalue weighted by atomic mass is 16.5. The molecule has 1 aliphatic heterocycles. The Kier molecular flexibility index (Phi) is 3.65. The van der Waals surface area contributed by atoms with Gasteiger partial charge in [0.15, 0.2) is 0 Å². The molecule has 0 aromatic heterocycles. The molecule has 19 heavy (non-hydrogen) atoms. The van der Waals surface area contributed by atoms with Crippen LogP contribution in [0, 0.1) is 5.92 Å². The zero-order valence-electron chi connectivity index (χ0n) is 11.9. The third-order valence-corrected chi connectivity index (χ3v) is 4.27. The first kappa shape index (κ1) is 12.8. The van der Waals surface area contributed by atoms with E-state index in [4.69, 9.17) is 4.74 Å². The first-order valence-electron chi connectivity index (χ1n) is 7.51. The summed E-state index contributed by atoms with van der Waals surface area (Å²) in [6.45, 7) is 7.28. The van der Waals surface area contributed by atoms with Crippen LogP contribution in [0.2, 0.25) is 0 Å². The van der Waals surface area contributed by atoms with Crippen molar-refractivity contribution in [2.75, 3.05) is 24.6 Å². The molecule has 104 valence electrons. The molecule has 1 N–H and O–H groups in total. The highest BCUT2D eigenvalue weighted by molar-refractivity contribution is 5.50. The molecule has 2 fully saturated rings. The lowest BCUT2D eigenvalue weighted by molar-refractivity contribution is 0.340. The summed E-state index contributed by atoms with van der Waals surface area (Å²) in [7, 11) is 0. The molecule has 3 rings (SSSR count). The average molecular weight is 260 g/mol. The molecule has 0 spiro atoms. The van der Waals surface area contributed by atoms with Crippen LogP contribution in [0.5, 0.6) is 5.75 Å². The van der Waals surface area contributed by atoms with E-state index in [1.807, 2.05) is 6.92 Å². The normalized spacial score (nSPS) is 27.4. The summed E-state index contributed by atoms with van der Waals surface area (Å²) in [4.78, 5) is 2.54.